The molecule has 2 unspecified atom stereocenters. The largest absolute Gasteiger partial charge is 0.480 e. The lowest BCUT2D eigenvalue weighted by Gasteiger charge is -2.38. The summed E-state index contributed by atoms with van der Waals surface area (Å²) < 4.78 is 29.5. The molecule has 210 valence electrons. The first-order valence-electron chi connectivity index (χ1n) is 12.0. The van der Waals surface area contributed by atoms with Crippen molar-refractivity contribution in [1.82, 2.24) is 14.9 Å². The zero-order valence-electron chi connectivity index (χ0n) is 21.2. The average molecular weight is 545 g/mol. The summed E-state index contributed by atoms with van der Waals surface area (Å²) in [7, 11) is -4.10. The molecule has 3 rings (SSSR count). The normalized spacial score (nSPS) is 21.8. The number of carbonyl (C=O) groups excluding carboxylic acids is 1. The number of carboxylic acids is 1. The number of nitrogens with zero attached hydrogens (tertiary/aromatic N) is 1. The Bertz CT molecular complexity index is 1070. The number of anilines is 1. The molecule has 1 amide bonds. The number of rotatable bonds is 9. The standard InChI is InChI=1S/C23H36N6O5S.2H2O/c1-14-8-10-29(18(12-14)22(31)32)21(30)17(6-4-9-26-23(24)25)28-35(33,34)19-7-3-5-16-11-15(2)13-27-20(16)19;;/h3,5,7,14-15,17-18,27-28H,4,6,8-13H2,1-2H3,(H,31,32)(H4,24,25,26);2*1H2/t14-,15?,17?,18-;;/m1../s1. The fourth-order valence-corrected chi connectivity index (χ4v) is 6.20. The first kappa shape index (κ1) is 32.1. The lowest BCUT2D eigenvalue weighted by molar-refractivity contribution is -0.153. The van der Waals surface area contributed by atoms with E-state index >= 15 is 0 Å². The van der Waals surface area contributed by atoms with E-state index in [0.717, 1.165) is 12.0 Å². The Morgan fingerprint density at radius 2 is 1.97 bits per heavy atom. The third-order valence-corrected chi connectivity index (χ3v) is 8.13. The van der Waals surface area contributed by atoms with Crippen LogP contribution in [0.3, 0.4) is 0 Å². The third kappa shape index (κ3) is 8.02. The molecule has 1 aromatic carbocycles. The molecular weight excluding hydrogens is 504 g/mol. The molecule has 2 aliphatic heterocycles. The van der Waals surface area contributed by atoms with Gasteiger partial charge in [0, 0.05) is 19.6 Å². The molecule has 0 radical (unpaired) electrons. The molecule has 0 aliphatic carbocycles. The number of benzene rings is 1. The van der Waals surface area contributed by atoms with E-state index in [-0.39, 0.29) is 47.2 Å². The number of guanidine groups is 1. The molecule has 1 saturated heterocycles. The summed E-state index contributed by atoms with van der Waals surface area (Å²) in [5.41, 5.74) is 6.75. The molecule has 1 aromatic rings. The third-order valence-electron chi connectivity index (χ3n) is 6.61. The molecule has 13 nitrogen and oxygen atoms in total. The van der Waals surface area contributed by atoms with Crippen LogP contribution in [0.2, 0.25) is 0 Å². The summed E-state index contributed by atoms with van der Waals surface area (Å²) in [6.45, 7) is 5.20. The molecule has 0 saturated carbocycles. The number of fused-ring (bicyclic) bond motifs is 1. The van der Waals surface area contributed by atoms with Crippen molar-refractivity contribution >= 4 is 33.5 Å². The lowest BCUT2D eigenvalue weighted by atomic mass is 9.91. The van der Waals surface area contributed by atoms with Crippen LogP contribution in [0.15, 0.2) is 23.1 Å². The fourth-order valence-electron chi connectivity index (χ4n) is 4.75. The zero-order valence-corrected chi connectivity index (χ0v) is 22.0. The van der Waals surface area contributed by atoms with Crippen molar-refractivity contribution < 1.29 is 34.1 Å². The second-order valence-corrected chi connectivity index (χ2v) is 11.3. The number of aliphatic carboxylic acids is 1. The van der Waals surface area contributed by atoms with Crippen LogP contribution in [-0.2, 0) is 26.0 Å². The molecule has 2 heterocycles. The van der Waals surface area contributed by atoms with E-state index in [9.17, 15) is 23.1 Å². The van der Waals surface area contributed by atoms with Crippen LogP contribution >= 0.6 is 0 Å². The average Bonchev–Trinajstić information content (AvgIpc) is 2.79. The molecule has 0 spiro atoms. The van der Waals surface area contributed by atoms with Crippen molar-refractivity contribution in [3.63, 3.8) is 0 Å². The summed E-state index contributed by atoms with van der Waals surface area (Å²) in [5, 5.41) is 22.8. The Morgan fingerprint density at radius 3 is 2.62 bits per heavy atom. The van der Waals surface area contributed by atoms with Gasteiger partial charge in [-0.3, -0.25) is 10.2 Å². The van der Waals surface area contributed by atoms with Gasteiger partial charge >= 0.3 is 5.97 Å². The van der Waals surface area contributed by atoms with Gasteiger partial charge in [-0.05, 0) is 55.6 Å². The number of nitrogens with one attached hydrogen (secondary N) is 4. The molecule has 2 aliphatic rings. The summed E-state index contributed by atoms with van der Waals surface area (Å²) in [4.78, 5) is 26.8. The van der Waals surface area contributed by atoms with Gasteiger partial charge in [0.25, 0.3) is 0 Å². The van der Waals surface area contributed by atoms with Gasteiger partial charge in [0.05, 0.1) is 5.69 Å². The highest BCUT2D eigenvalue weighted by Crippen LogP contribution is 2.31. The molecular formula is C23H40N6O7S. The van der Waals surface area contributed by atoms with Crippen molar-refractivity contribution in [2.24, 2.45) is 17.6 Å². The Labute approximate surface area is 217 Å². The number of hydrogen-bond acceptors (Lipinski definition) is 6. The Balaban J connectivity index is 0.00000342. The highest BCUT2D eigenvalue weighted by atomic mass is 32.2. The van der Waals surface area contributed by atoms with Gasteiger partial charge in [-0.25, -0.2) is 13.2 Å². The summed E-state index contributed by atoms with van der Waals surface area (Å²) in [6.07, 6.45) is 2.19. The molecule has 37 heavy (non-hydrogen) atoms. The molecule has 11 N–H and O–H groups in total. The molecule has 0 aromatic heterocycles. The summed E-state index contributed by atoms with van der Waals surface area (Å²) >= 11 is 0. The maximum Gasteiger partial charge on any atom is 0.326 e. The monoisotopic (exact) mass is 544 g/mol. The zero-order chi connectivity index (χ0) is 25.8. The number of carboxylic acid groups (broad SMARTS) is 1. The van der Waals surface area contributed by atoms with E-state index in [1.807, 2.05) is 13.0 Å². The minimum absolute atomic E-state index is 0. The number of hydrogen-bond donors (Lipinski definition) is 6. The van der Waals surface area contributed by atoms with Crippen LogP contribution in [0.25, 0.3) is 0 Å². The topological polar surface area (TPSA) is 241 Å². The lowest BCUT2D eigenvalue weighted by Crippen LogP contribution is -2.56. The Hall–Kier alpha value is -2.94. The molecule has 1 fully saturated rings. The van der Waals surface area contributed by atoms with Crippen molar-refractivity contribution in [2.75, 3.05) is 25.0 Å². The predicted octanol–water partition coefficient (Wildman–Crippen LogP) is -0.737. The van der Waals surface area contributed by atoms with E-state index in [1.54, 1.807) is 6.07 Å². The summed E-state index contributed by atoms with van der Waals surface area (Å²) in [6, 6.07) is 2.93. The maximum atomic E-state index is 13.5. The van der Waals surface area contributed by atoms with Gasteiger partial charge < -0.3 is 37.3 Å². The van der Waals surface area contributed by atoms with E-state index < -0.39 is 34.0 Å². The van der Waals surface area contributed by atoms with Crippen molar-refractivity contribution in [3.05, 3.63) is 23.8 Å². The molecule has 14 heteroatoms. The van der Waals surface area contributed by atoms with E-state index in [0.29, 0.717) is 37.4 Å². The number of sulfonamides is 1. The Kier molecular flexibility index (Phi) is 11.8. The highest BCUT2D eigenvalue weighted by Gasteiger charge is 2.39. The Morgan fingerprint density at radius 1 is 1.27 bits per heavy atom. The summed E-state index contributed by atoms with van der Waals surface area (Å²) in [5.74, 6) is -1.35. The van der Waals surface area contributed by atoms with Crippen LogP contribution in [0.4, 0.5) is 5.69 Å². The number of nitrogens with two attached hydrogens (primary N) is 1. The quantitative estimate of drug-likeness (QED) is 0.131. The smallest absolute Gasteiger partial charge is 0.326 e. The van der Waals surface area contributed by atoms with Gasteiger partial charge in [0.2, 0.25) is 15.9 Å². The minimum Gasteiger partial charge on any atom is -0.480 e. The number of para-hydroxylation sites is 1. The number of amides is 1. The van der Waals surface area contributed by atoms with Crippen LogP contribution in [0.1, 0.15) is 45.1 Å². The number of likely N-dealkylation sites (tertiary alicyclic amines) is 1. The van der Waals surface area contributed by atoms with E-state index in [4.69, 9.17) is 11.1 Å². The second-order valence-electron chi connectivity index (χ2n) is 9.65. The molecule has 0 bridgehead atoms. The minimum atomic E-state index is -4.10. The first-order valence-corrected chi connectivity index (χ1v) is 13.5. The van der Waals surface area contributed by atoms with Crippen LogP contribution in [0.5, 0.6) is 0 Å². The van der Waals surface area contributed by atoms with E-state index in [1.165, 1.54) is 11.0 Å². The van der Waals surface area contributed by atoms with Crippen molar-refractivity contribution in [2.45, 2.75) is 62.9 Å². The van der Waals surface area contributed by atoms with Crippen LogP contribution in [0, 0.1) is 17.2 Å². The SMILES string of the molecule is CC1CNc2c(cccc2S(=O)(=O)NC(CCCNC(=N)N)C(=O)N2CC[C@@H](C)C[C@@H]2C(=O)O)C1.O.O. The van der Waals surface area contributed by atoms with Crippen molar-refractivity contribution in [1.29, 1.82) is 5.41 Å². The van der Waals surface area contributed by atoms with Gasteiger partial charge in [-0.2, -0.15) is 4.72 Å². The number of piperidine rings is 1. The molecule has 4 atom stereocenters. The van der Waals surface area contributed by atoms with Crippen LogP contribution in [-0.4, -0.2) is 78.9 Å². The van der Waals surface area contributed by atoms with Crippen LogP contribution < -0.4 is 21.1 Å². The fraction of sp³-hybridized carbons (Fsp3) is 0.609. The van der Waals surface area contributed by atoms with Gasteiger partial charge in [0.15, 0.2) is 5.96 Å². The van der Waals surface area contributed by atoms with Gasteiger partial charge in [-0.1, -0.05) is 26.0 Å². The van der Waals surface area contributed by atoms with Crippen molar-refractivity contribution in [3.8, 4) is 0 Å². The van der Waals surface area contributed by atoms with E-state index in [2.05, 4.69) is 22.3 Å². The van der Waals surface area contributed by atoms with Gasteiger partial charge in [-0.15, -0.1) is 0 Å². The maximum absolute atomic E-state index is 13.5. The number of carbonyl (C=O) groups is 2. The highest BCUT2D eigenvalue weighted by molar-refractivity contribution is 7.89. The van der Waals surface area contributed by atoms with Gasteiger partial charge in [0.1, 0.15) is 17.0 Å². The first-order chi connectivity index (χ1) is 16.5. The predicted molar refractivity (Wildman–Crippen MR) is 140 cm³/mol. The second kappa shape index (κ2) is 13.6.